The third kappa shape index (κ3) is 4.49. The van der Waals surface area contributed by atoms with Gasteiger partial charge in [-0.15, -0.1) is 0 Å². The minimum atomic E-state index is -0.936. The van der Waals surface area contributed by atoms with Gasteiger partial charge in [0.25, 0.3) is 0 Å². The molecule has 0 radical (unpaired) electrons. The molecule has 2 N–H and O–H groups in total. The summed E-state index contributed by atoms with van der Waals surface area (Å²) in [7, 11) is 0. The summed E-state index contributed by atoms with van der Waals surface area (Å²) in [5.41, 5.74) is 1.50. The molecule has 8 heteroatoms. The van der Waals surface area contributed by atoms with E-state index in [2.05, 4.69) is 15.4 Å². The third-order valence-corrected chi connectivity index (χ3v) is 5.53. The molecule has 0 aliphatic carbocycles. The molecule has 0 atom stereocenters. The molecule has 30 heavy (non-hydrogen) atoms. The van der Waals surface area contributed by atoms with Crippen LogP contribution in [0.4, 0.5) is 5.69 Å². The van der Waals surface area contributed by atoms with E-state index >= 15 is 0 Å². The second-order valence-corrected chi connectivity index (χ2v) is 7.90. The van der Waals surface area contributed by atoms with E-state index in [9.17, 15) is 14.7 Å². The van der Waals surface area contributed by atoms with Crippen molar-refractivity contribution in [3.63, 3.8) is 0 Å². The zero-order valence-electron chi connectivity index (χ0n) is 16.9. The van der Waals surface area contributed by atoms with E-state index in [4.69, 9.17) is 0 Å². The van der Waals surface area contributed by atoms with Crippen molar-refractivity contribution in [1.29, 1.82) is 0 Å². The van der Waals surface area contributed by atoms with Crippen LogP contribution in [-0.4, -0.2) is 55.3 Å². The van der Waals surface area contributed by atoms with Gasteiger partial charge in [-0.2, -0.15) is 5.10 Å². The van der Waals surface area contributed by atoms with Crippen LogP contribution in [0.2, 0.25) is 0 Å². The van der Waals surface area contributed by atoms with Gasteiger partial charge in [0.05, 0.1) is 30.3 Å². The molecule has 0 spiro atoms. The fourth-order valence-electron chi connectivity index (χ4n) is 3.88. The van der Waals surface area contributed by atoms with E-state index in [1.165, 1.54) is 6.92 Å². The van der Waals surface area contributed by atoms with Gasteiger partial charge in [-0.25, -0.2) is 0 Å². The average Bonchev–Trinajstić information content (AvgIpc) is 3.10. The van der Waals surface area contributed by atoms with Crippen molar-refractivity contribution in [2.75, 3.05) is 18.4 Å². The molecule has 156 valence electrons. The number of carbonyl (C=O) groups is 2. The lowest BCUT2D eigenvalue weighted by molar-refractivity contribution is -0.135. The van der Waals surface area contributed by atoms with Crippen molar-refractivity contribution in [3.8, 4) is 0 Å². The predicted octanol–water partition coefficient (Wildman–Crippen LogP) is 1.99. The molecule has 1 fully saturated rings. The number of pyridine rings is 1. The first-order valence-corrected chi connectivity index (χ1v) is 10.0. The van der Waals surface area contributed by atoms with Crippen LogP contribution in [0.5, 0.6) is 0 Å². The summed E-state index contributed by atoms with van der Waals surface area (Å²) in [6.07, 6.45) is 6.44. The first kappa shape index (κ1) is 20.0. The highest BCUT2D eigenvalue weighted by Crippen LogP contribution is 2.27. The number of nitrogens with one attached hydrogen (secondary N) is 1. The zero-order chi connectivity index (χ0) is 21.1. The molecule has 2 aromatic heterocycles. The van der Waals surface area contributed by atoms with Crippen molar-refractivity contribution < 1.29 is 14.7 Å². The number of anilines is 1. The monoisotopic (exact) mass is 407 g/mol. The summed E-state index contributed by atoms with van der Waals surface area (Å²) in [6.45, 7) is 2.82. The second kappa shape index (κ2) is 8.23. The normalized spacial score (nSPS) is 15.9. The van der Waals surface area contributed by atoms with Crippen LogP contribution in [0.25, 0.3) is 10.9 Å². The average molecular weight is 407 g/mol. The van der Waals surface area contributed by atoms with Gasteiger partial charge in [0, 0.05) is 43.5 Å². The Labute approximate surface area is 174 Å². The van der Waals surface area contributed by atoms with Gasteiger partial charge in [0.15, 0.2) is 0 Å². The number of nitrogens with zero attached hydrogens (tertiary/aromatic N) is 4. The largest absolute Gasteiger partial charge is 0.388 e. The lowest BCUT2D eigenvalue weighted by atomic mass is 9.91. The van der Waals surface area contributed by atoms with Crippen molar-refractivity contribution in [3.05, 3.63) is 54.5 Å². The molecule has 3 heterocycles. The molecular weight excluding hydrogens is 382 g/mol. The lowest BCUT2D eigenvalue weighted by Gasteiger charge is -2.38. The van der Waals surface area contributed by atoms with Gasteiger partial charge in [-0.1, -0.05) is 6.07 Å². The summed E-state index contributed by atoms with van der Waals surface area (Å²) in [5.74, 6) is -0.0862. The number of rotatable bonds is 5. The quantitative estimate of drug-likeness (QED) is 0.674. The molecule has 1 aliphatic heterocycles. The zero-order valence-corrected chi connectivity index (χ0v) is 16.9. The summed E-state index contributed by atoms with van der Waals surface area (Å²) < 4.78 is 1.77. The Morgan fingerprint density at radius 1 is 1.20 bits per heavy atom. The van der Waals surface area contributed by atoms with Crippen molar-refractivity contribution >= 4 is 28.4 Å². The number of fused-ring (bicyclic) bond motifs is 1. The maximum absolute atomic E-state index is 12.6. The third-order valence-electron chi connectivity index (χ3n) is 5.53. The van der Waals surface area contributed by atoms with Crippen LogP contribution in [-0.2, 0) is 22.6 Å². The number of benzene rings is 1. The molecule has 3 aromatic rings. The Morgan fingerprint density at radius 3 is 2.70 bits per heavy atom. The number of likely N-dealkylation sites (tertiary alicyclic amines) is 1. The van der Waals surface area contributed by atoms with Crippen molar-refractivity contribution in [2.24, 2.45) is 0 Å². The number of aromatic nitrogens is 3. The van der Waals surface area contributed by atoms with Crippen molar-refractivity contribution in [2.45, 2.75) is 38.3 Å². The molecule has 1 aromatic carbocycles. The fraction of sp³-hybridized carbons (Fsp3) is 0.364. The van der Waals surface area contributed by atoms with Gasteiger partial charge in [-0.3, -0.25) is 19.3 Å². The first-order valence-electron chi connectivity index (χ1n) is 10.0. The Bertz CT molecular complexity index is 1060. The molecule has 1 aliphatic rings. The highest BCUT2D eigenvalue weighted by atomic mass is 16.3. The summed E-state index contributed by atoms with van der Waals surface area (Å²) in [6, 6.07) is 9.30. The van der Waals surface area contributed by atoms with Gasteiger partial charge in [0.1, 0.15) is 0 Å². The van der Waals surface area contributed by atoms with Crippen molar-refractivity contribution in [1.82, 2.24) is 19.7 Å². The maximum Gasteiger partial charge on any atom is 0.227 e. The molecule has 0 unspecified atom stereocenters. The number of hydrogen-bond acceptors (Lipinski definition) is 5. The molecule has 8 nitrogen and oxygen atoms in total. The molecule has 2 amide bonds. The van der Waals surface area contributed by atoms with Crippen LogP contribution in [0.15, 0.2) is 48.9 Å². The molecule has 0 saturated carbocycles. The van der Waals surface area contributed by atoms with E-state index in [1.807, 2.05) is 30.3 Å². The number of amides is 2. The van der Waals surface area contributed by atoms with E-state index in [0.717, 1.165) is 16.5 Å². The summed E-state index contributed by atoms with van der Waals surface area (Å²) >= 11 is 0. The topological polar surface area (TPSA) is 100 Å². The SMILES string of the molecule is CC(=O)Nc1ccc2cnn(CC3(O)CCN(C(=O)Cc4cccnc4)CC3)c2c1. The van der Waals surface area contributed by atoms with Crippen LogP contribution in [0.1, 0.15) is 25.3 Å². The van der Waals surface area contributed by atoms with Gasteiger partial charge in [0.2, 0.25) is 11.8 Å². The molecule has 0 bridgehead atoms. The smallest absolute Gasteiger partial charge is 0.227 e. The number of piperidine rings is 1. The second-order valence-electron chi connectivity index (χ2n) is 7.90. The standard InChI is InChI=1S/C22H25N5O3/c1-16(28)25-19-5-4-18-14-24-27(20(18)12-19)15-22(30)6-9-26(10-7-22)21(29)11-17-3-2-8-23-13-17/h2-5,8,12-14,30H,6-7,9-11,15H2,1H3,(H,25,28). The Kier molecular flexibility index (Phi) is 5.50. The Hall–Kier alpha value is -3.26. The van der Waals surface area contributed by atoms with Crippen LogP contribution in [0.3, 0.4) is 0 Å². The highest BCUT2D eigenvalue weighted by molar-refractivity contribution is 5.92. The van der Waals surface area contributed by atoms with E-state index in [1.54, 1.807) is 28.2 Å². The maximum atomic E-state index is 12.6. The number of aliphatic hydroxyl groups is 1. The minimum absolute atomic E-state index is 0.0505. The summed E-state index contributed by atoms with van der Waals surface area (Å²) in [5, 5.41) is 19.3. The highest BCUT2D eigenvalue weighted by Gasteiger charge is 2.34. The van der Waals surface area contributed by atoms with Crippen LogP contribution >= 0.6 is 0 Å². The van der Waals surface area contributed by atoms with Gasteiger partial charge < -0.3 is 15.3 Å². The number of carbonyl (C=O) groups excluding carboxylic acids is 2. The van der Waals surface area contributed by atoms with Gasteiger partial charge >= 0.3 is 0 Å². The molecule has 1 saturated heterocycles. The first-order chi connectivity index (χ1) is 14.4. The molecule has 4 rings (SSSR count). The van der Waals surface area contributed by atoms with Crippen LogP contribution in [0, 0.1) is 0 Å². The van der Waals surface area contributed by atoms with E-state index in [-0.39, 0.29) is 11.8 Å². The Balaban J connectivity index is 1.41. The summed E-state index contributed by atoms with van der Waals surface area (Å²) in [4.78, 5) is 29.7. The van der Waals surface area contributed by atoms with Crippen LogP contribution < -0.4 is 5.32 Å². The Morgan fingerprint density at radius 2 is 2.00 bits per heavy atom. The minimum Gasteiger partial charge on any atom is -0.388 e. The van der Waals surface area contributed by atoms with Gasteiger partial charge in [-0.05, 0) is 42.7 Å². The lowest BCUT2D eigenvalue weighted by Crippen LogP contribution is -2.49. The predicted molar refractivity (Wildman–Crippen MR) is 113 cm³/mol. The molecular formula is C22H25N5O3. The number of hydrogen-bond donors (Lipinski definition) is 2. The van der Waals surface area contributed by atoms with E-state index < -0.39 is 5.60 Å². The fourth-order valence-corrected chi connectivity index (χ4v) is 3.88. The van der Waals surface area contributed by atoms with E-state index in [0.29, 0.717) is 44.6 Å².